The number of fused-ring (bicyclic) bond motifs is 1. The zero-order chi connectivity index (χ0) is 63.8. The smallest absolute Gasteiger partial charge is 0.407 e. The average Bonchev–Trinajstić information content (AvgIpc) is 1.78. The number of unbranched alkanes of at least 4 members (excludes halogenated alkanes) is 6. The minimum atomic E-state index is -0.636. The van der Waals surface area contributed by atoms with Gasteiger partial charge in [0.25, 0.3) is 5.91 Å². The van der Waals surface area contributed by atoms with Gasteiger partial charge in [-0.05, 0) is 112 Å². The lowest BCUT2D eigenvalue weighted by molar-refractivity contribution is -0.126. The van der Waals surface area contributed by atoms with Crippen LogP contribution in [0, 0.1) is 5.92 Å². The van der Waals surface area contributed by atoms with Gasteiger partial charge in [-0.1, -0.05) is 44.7 Å². The third kappa shape index (κ3) is 33.9. The number of amides is 7. The van der Waals surface area contributed by atoms with Crippen molar-refractivity contribution in [1.29, 1.82) is 0 Å². The number of carbonyl (C=O) groups excluding carboxylic acids is 7. The van der Waals surface area contributed by atoms with Gasteiger partial charge in [-0.2, -0.15) is 0 Å². The van der Waals surface area contributed by atoms with E-state index < -0.39 is 24.4 Å². The molecule has 27 heteroatoms. The van der Waals surface area contributed by atoms with E-state index in [2.05, 4.69) is 44.9 Å². The molecule has 0 saturated heterocycles. The molecule has 1 saturated carbocycles. The maximum atomic E-state index is 13.7. The third-order valence-corrected chi connectivity index (χ3v) is 15.1. The first-order chi connectivity index (χ1) is 43.5. The standard InChI is InChI=1S/C62H97ClN8O17S/c1-3-49-16-15-17-52(46-49)70(4-2)56(72)48-71-53-22-45-89-55(53)47-54(71)58(74)69-51-20-18-50(19-21-51)57(73)64-24-10-6-7-11-25-65-59(75)87-43-41-83-39-37-81-32-26-66-60(76)85-30-13-14-31-86-61(77)67-27-33-82-38-40-84-42-44-88-62(78)68-28-34-80-36-35-79-29-12-8-5-9-23-63/h13-17,22,45-47,50-51H,3-12,18-21,23-44,48H2,1-2H3,(H,64,73)(H,65,75)(H,66,76)(H,67,77)(H,68,78)(H,69,74)/b14-13+/t50-,51-. The van der Waals surface area contributed by atoms with E-state index in [0.29, 0.717) is 89.9 Å². The summed E-state index contributed by atoms with van der Waals surface area (Å²) in [6.45, 7) is 10.5. The van der Waals surface area contributed by atoms with Gasteiger partial charge >= 0.3 is 24.4 Å². The highest BCUT2D eigenvalue weighted by atomic mass is 35.5. The van der Waals surface area contributed by atoms with Crippen LogP contribution in [0.2, 0.25) is 0 Å². The van der Waals surface area contributed by atoms with E-state index in [-0.39, 0.29) is 129 Å². The normalized spacial score (nSPS) is 13.8. The van der Waals surface area contributed by atoms with Gasteiger partial charge < -0.3 is 88.7 Å². The van der Waals surface area contributed by atoms with Crippen molar-refractivity contribution in [3.63, 3.8) is 0 Å². The number of aryl methyl sites for hydroxylation is 1. The summed E-state index contributed by atoms with van der Waals surface area (Å²) in [5.41, 5.74) is 3.32. The molecular weight excluding hydrogens is 1200 g/mol. The maximum Gasteiger partial charge on any atom is 0.407 e. The molecule has 0 unspecified atom stereocenters. The predicted molar refractivity (Wildman–Crippen MR) is 339 cm³/mol. The Hall–Kier alpha value is -6.26. The number of likely N-dealkylation sites (N-methyl/N-ethyl adjacent to an activating group) is 1. The van der Waals surface area contributed by atoms with Crippen LogP contribution in [0.5, 0.6) is 0 Å². The van der Waals surface area contributed by atoms with Crippen molar-refractivity contribution < 1.29 is 80.9 Å². The topological polar surface area (TPSA) is 292 Å². The van der Waals surface area contributed by atoms with Crippen LogP contribution in [0.15, 0.2) is 53.9 Å². The molecule has 0 radical (unpaired) electrons. The minimum Gasteiger partial charge on any atom is -0.447 e. The van der Waals surface area contributed by atoms with Gasteiger partial charge in [0.05, 0.1) is 82.9 Å². The summed E-state index contributed by atoms with van der Waals surface area (Å²) in [6.07, 6.45) is 12.0. The number of nitrogens with one attached hydrogen (secondary N) is 6. The fraction of sp³-hybridized carbons (Fsp3) is 0.661. The molecule has 0 bridgehead atoms. The number of anilines is 1. The Morgan fingerprint density at radius 3 is 1.63 bits per heavy atom. The summed E-state index contributed by atoms with van der Waals surface area (Å²) in [5, 5.41) is 18.7. The van der Waals surface area contributed by atoms with Crippen molar-refractivity contribution in [2.45, 2.75) is 110 Å². The Kier molecular flexibility index (Phi) is 41.0. The monoisotopic (exact) mass is 1290 g/mol. The summed E-state index contributed by atoms with van der Waals surface area (Å²) in [5.74, 6) is 0.337. The highest BCUT2D eigenvalue weighted by molar-refractivity contribution is 7.17. The quantitative estimate of drug-likeness (QED) is 0.0137. The van der Waals surface area contributed by atoms with Crippen LogP contribution < -0.4 is 36.8 Å². The van der Waals surface area contributed by atoms with Crippen molar-refractivity contribution in [2.24, 2.45) is 5.92 Å². The molecule has 1 aliphatic rings. The second-order valence-corrected chi connectivity index (χ2v) is 21.9. The van der Waals surface area contributed by atoms with Gasteiger partial charge in [-0.25, -0.2) is 19.2 Å². The molecule has 6 N–H and O–H groups in total. The maximum absolute atomic E-state index is 13.7. The average molecular weight is 1290 g/mol. The molecule has 3 aromatic rings. The van der Waals surface area contributed by atoms with Crippen molar-refractivity contribution in [3.8, 4) is 0 Å². The van der Waals surface area contributed by atoms with Gasteiger partial charge in [0.1, 0.15) is 38.7 Å². The van der Waals surface area contributed by atoms with E-state index in [1.165, 1.54) is 23.5 Å². The van der Waals surface area contributed by atoms with Crippen LogP contribution in [-0.2, 0) is 69.9 Å². The Bertz CT molecular complexity index is 2500. The summed E-state index contributed by atoms with van der Waals surface area (Å²) in [7, 11) is 0. The lowest BCUT2D eigenvalue weighted by Crippen LogP contribution is -2.42. The summed E-state index contributed by atoms with van der Waals surface area (Å²) >= 11 is 7.20. The molecule has 0 spiro atoms. The minimum absolute atomic E-state index is 0.0235. The van der Waals surface area contributed by atoms with E-state index in [4.69, 9.17) is 59.0 Å². The molecule has 1 aliphatic carbocycles. The summed E-state index contributed by atoms with van der Waals surface area (Å²) in [4.78, 5) is 89.7. The first-order valence-electron chi connectivity index (χ1n) is 31.4. The van der Waals surface area contributed by atoms with Crippen molar-refractivity contribution >= 4 is 80.9 Å². The van der Waals surface area contributed by atoms with Crippen LogP contribution in [0.3, 0.4) is 0 Å². The Morgan fingerprint density at radius 1 is 0.562 bits per heavy atom. The number of thiophene rings is 1. The Morgan fingerprint density at radius 2 is 1.07 bits per heavy atom. The summed E-state index contributed by atoms with van der Waals surface area (Å²) in [6, 6.07) is 11.8. The number of benzene rings is 1. The second kappa shape index (κ2) is 48.6. The van der Waals surface area contributed by atoms with Crippen LogP contribution in [0.4, 0.5) is 24.9 Å². The lowest BCUT2D eigenvalue weighted by Gasteiger charge is -2.28. The van der Waals surface area contributed by atoms with Gasteiger partial charge in [0.15, 0.2) is 0 Å². The fourth-order valence-electron chi connectivity index (χ4n) is 9.18. The molecule has 0 aliphatic heterocycles. The van der Waals surface area contributed by atoms with Crippen LogP contribution in [0.25, 0.3) is 10.2 Å². The van der Waals surface area contributed by atoms with Crippen LogP contribution in [-0.4, -0.2) is 204 Å². The van der Waals surface area contributed by atoms with Gasteiger partial charge in [-0.15, -0.1) is 22.9 Å². The van der Waals surface area contributed by atoms with E-state index in [9.17, 15) is 33.6 Å². The number of carbonyl (C=O) groups is 7. The number of ether oxygens (including phenoxy) is 10. The zero-order valence-corrected chi connectivity index (χ0v) is 53.7. The van der Waals surface area contributed by atoms with Crippen LogP contribution >= 0.6 is 22.9 Å². The van der Waals surface area contributed by atoms with E-state index in [0.717, 1.165) is 79.3 Å². The van der Waals surface area contributed by atoms with Crippen LogP contribution in [0.1, 0.15) is 107 Å². The number of alkyl carbamates (subject to hydrolysis) is 4. The molecular formula is C62H97ClN8O17S. The number of rotatable bonds is 49. The molecule has 500 valence electrons. The highest BCUT2D eigenvalue weighted by Gasteiger charge is 2.29. The van der Waals surface area contributed by atoms with E-state index >= 15 is 0 Å². The molecule has 1 fully saturated rings. The number of hydrogen-bond donors (Lipinski definition) is 6. The molecule has 2 aromatic heterocycles. The SMILES string of the molecule is CCc1cccc(N(CC)C(=O)Cn2c(C(=O)N[C@H]3CC[C@H](C(=O)NCCCCCCNC(=O)OCCOCCOCCNC(=O)OC/C=C/COC(=O)NCCOCCOCCOC(=O)NCCOCCOCCCCCCCl)CC3)cc3sccc32)c1. The molecule has 2 heterocycles. The van der Waals surface area contributed by atoms with Gasteiger partial charge in [-0.3, -0.25) is 14.4 Å². The Balaban J connectivity index is 0.851. The number of aromatic nitrogens is 1. The number of alkyl halides is 1. The predicted octanol–water partition coefficient (Wildman–Crippen LogP) is 7.64. The first kappa shape index (κ1) is 75.2. The third-order valence-electron chi connectivity index (χ3n) is 13.9. The first-order valence-corrected chi connectivity index (χ1v) is 32.8. The molecule has 1 aromatic carbocycles. The van der Waals surface area contributed by atoms with Crippen molar-refractivity contribution in [1.82, 2.24) is 36.5 Å². The molecule has 25 nitrogen and oxygen atoms in total. The molecule has 0 atom stereocenters. The van der Waals surface area contributed by atoms with Crippen molar-refractivity contribution in [2.75, 3.05) is 156 Å². The lowest BCUT2D eigenvalue weighted by atomic mass is 9.85. The molecule has 4 rings (SSSR count). The molecule has 89 heavy (non-hydrogen) atoms. The number of hydrogen-bond acceptors (Lipinski definition) is 18. The zero-order valence-electron chi connectivity index (χ0n) is 52.1. The summed E-state index contributed by atoms with van der Waals surface area (Å²) < 4.78 is 55.6. The second-order valence-electron chi connectivity index (χ2n) is 20.6. The van der Waals surface area contributed by atoms with Crippen molar-refractivity contribution in [3.05, 3.63) is 65.2 Å². The van der Waals surface area contributed by atoms with Gasteiger partial charge in [0.2, 0.25) is 11.8 Å². The number of halogens is 1. The van der Waals surface area contributed by atoms with Gasteiger partial charge in [0, 0.05) is 69.4 Å². The fourth-order valence-corrected chi connectivity index (χ4v) is 10.2. The Labute approximate surface area is 532 Å². The number of nitrogens with zero attached hydrogens (tertiary/aromatic N) is 2. The highest BCUT2D eigenvalue weighted by Crippen LogP contribution is 2.28. The van der Waals surface area contributed by atoms with E-state index in [1.807, 2.05) is 47.2 Å². The molecule has 7 amide bonds. The van der Waals surface area contributed by atoms with E-state index in [1.54, 1.807) is 4.90 Å². The largest absolute Gasteiger partial charge is 0.447 e.